The van der Waals surface area contributed by atoms with Gasteiger partial charge in [-0.3, -0.25) is 9.59 Å². The third-order valence-corrected chi connectivity index (χ3v) is 7.05. The quantitative estimate of drug-likeness (QED) is 0.306. The monoisotopic (exact) mass is 531 g/mol. The first-order chi connectivity index (χ1) is 17.0. The highest BCUT2D eigenvalue weighted by atomic mass is 35.5. The van der Waals surface area contributed by atoms with Crippen LogP contribution in [-0.2, 0) is 18.4 Å². The van der Waals surface area contributed by atoms with Crippen LogP contribution in [0, 0.1) is 11.3 Å². The van der Waals surface area contributed by atoms with Crippen molar-refractivity contribution in [2.75, 3.05) is 11.9 Å². The number of amides is 2. The van der Waals surface area contributed by atoms with E-state index in [9.17, 15) is 14.7 Å². The fourth-order valence-electron chi connectivity index (χ4n) is 3.81. The number of imidazole rings is 1. The van der Waals surface area contributed by atoms with Gasteiger partial charge in [-0.05, 0) is 30.0 Å². The van der Waals surface area contributed by atoms with E-state index in [2.05, 4.69) is 20.9 Å². The van der Waals surface area contributed by atoms with Gasteiger partial charge >= 0.3 is 0 Å². The maximum absolute atomic E-state index is 12.6. The van der Waals surface area contributed by atoms with Gasteiger partial charge in [0.2, 0.25) is 11.9 Å². The number of halogens is 2. The molecule has 0 saturated heterocycles. The smallest absolute Gasteiger partial charge is 0.255 e. The number of hydrogen-bond acceptors (Lipinski definition) is 5. The maximum Gasteiger partial charge on any atom is 0.255 e. The fraction of sp³-hybridized carbons (Fsp3) is 0.423. The highest BCUT2D eigenvalue weighted by Crippen LogP contribution is 2.37. The number of nitrogens with zero attached hydrogens (tertiary/aromatic N) is 2. The number of rotatable bonds is 8. The Bertz CT molecular complexity index is 1330. The topological polar surface area (TPSA) is 108 Å². The number of carbonyl (C=O) groups is 2. The average Bonchev–Trinajstić information content (AvgIpc) is 3.59. The molecule has 1 heterocycles. The Hall–Kier alpha value is -2.97. The van der Waals surface area contributed by atoms with Crippen LogP contribution in [0.2, 0.25) is 10.0 Å². The zero-order chi connectivity index (χ0) is 26.2. The van der Waals surface area contributed by atoms with Crippen LogP contribution in [0.15, 0.2) is 24.3 Å². The highest BCUT2D eigenvalue weighted by molar-refractivity contribution is 6.39. The summed E-state index contributed by atoms with van der Waals surface area (Å²) in [6.45, 7) is 6.35. The molecule has 10 heteroatoms. The molecule has 0 unspecified atom stereocenters. The Morgan fingerprint density at radius 3 is 2.56 bits per heavy atom. The zero-order valence-corrected chi connectivity index (χ0v) is 22.3. The highest BCUT2D eigenvalue weighted by Gasteiger charge is 2.23. The molecule has 8 nitrogen and oxygen atoms in total. The summed E-state index contributed by atoms with van der Waals surface area (Å²) < 4.78 is 1.74. The lowest BCUT2D eigenvalue weighted by Gasteiger charge is -2.19. The number of phenolic OH excluding ortho intramolecular Hbond substituents is 1. The number of fused-ring (bicyclic) bond motifs is 1. The molecular formula is C26H31Cl2N5O3. The lowest BCUT2D eigenvalue weighted by Crippen LogP contribution is -2.34. The van der Waals surface area contributed by atoms with Crippen molar-refractivity contribution in [1.29, 1.82) is 0 Å². The molecule has 3 aromatic rings. The Kier molecular flexibility index (Phi) is 7.38. The maximum atomic E-state index is 12.6. The van der Waals surface area contributed by atoms with Gasteiger partial charge in [-0.15, -0.1) is 0 Å². The molecule has 0 bridgehead atoms. The number of carbonyl (C=O) groups excluding carboxylic acids is 2. The molecule has 36 heavy (non-hydrogen) atoms. The van der Waals surface area contributed by atoms with E-state index < -0.39 is 5.41 Å². The van der Waals surface area contributed by atoms with Gasteiger partial charge in [0.05, 0.1) is 32.3 Å². The summed E-state index contributed by atoms with van der Waals surface area (Å²) in [6, 6.07) is 6.56. The van der Waals surface area contributed by atoms with Gasteiger partial charge in [-0.25, -0.2) is 4.98 Å². The molecule has 0 aliphatic heterocycles. The van der Waals surface area contributed by atoms with Crippen molar-refractivity contribution in [1.82, 2.24) is 20.2 Å². The molecular weight excluding hydrogens is 501 g/mol. The van der Waals surface area contributed by atoms with Crippen molar-refractivity contribution in [3.63, 3.8) is 0 Å². The second-order valence-corrected chi connectivity index (χ2v) is 11.1. The first-order valence-electron chi connectivity index (χ1n) is 12.0. The van der Waals surface area contributed by atoms with Crippen LogP contribution in [0.3, 0.4) is 0 Å². The van der Waals surface area contributed by atoms with Gasteiger partial charge in [-0.1, -0.05) is 62.9 Å². The molecule has 1 saturated carbocycles. The predicted molar refractivity (Wildman–Crippen MR) is 143 cm³/mol. The SMILES string of the molecule is Cn1c(Nc2c(Cl)ccc(CNC(=O)C(C)(C)C)c2Cl)nc2cc(C(=O)NCCC3CC3)c(O)cc21. The Balaban J connectivity index is 1.56. The van der Waals surface area contributed by atoms with E-state index in [0.717, 1.165) is 6.42 Å². The average molecular weight is 532 g/mol. The predicted octanol–water partition coefficient (Wildman–Crippen LogP) is 5.52. The van der Waals surface area contributed by atoms with Crippen LogP contribution in [0.5, 0.6) is 5.75 Å². The van der Waals surface area contributed by atoms with E-state index in [4.69, 9.17) is 23.2 Å². The van der Waals surface area contributed by atoms with E-state index in [1.165, 1.54) is 18.9 Å². The fourth-order valence-corrected chi connectivity index (χ4v) is 4.34. The van der Waals surface area contributed by atoms with Crippen LogP contribution in [0.25, 0.3) is 11.0 Å². The number of hydrogen-bond donors (Lipinski definition) is 4. The summed E-state index contributed by atoms with van der Waals surface area (Å²) in [5.41, 5.74) is 1.96. The summed E-state index contributed by atoms with van der Waals surface area (Å²) in [6.07, 6.45) is 3.39. The first-order valence-corrected chi connectivity index (χ1v) is 12.7. The number of aromatic hydroxyl groups is 1. The summed E-state index contributed by atoms with van der Waals surface area (Å²) in [7, 11) is 1.78. The lowest BCUT2D eigenvalue weighted by atomic mass is 9.95. The zero-order valence-electron chi connectivity index (χ0n) is 20.8. The third kappa shape index (κ3) is 5.71. The van der Waals surface area contributed by atoms with Crippen LogP contribution in [-0.4, -0.2) is 33.0 Å². The molecule has 4 rings (SSSR count). The van der Waals surface area contributed by atoms with Crippen molar-refractivity contribution in [3.05, 3.63) is 45.4 Å². The van der Waals surface area contributed by atoms with Gasteiger partial charge in [0, 0.05) is 31.6 Å². The summed E-state index contributed by atoms with van der Waals surface area (Å²) in [4.78, 5) is 29.5. The molecule has 4 N–H and O–H groups in total. The molecule has 2 amide bonds. The normalized spacial score (nSPS) is 13.6. The summed E-state index contributed by atoms with van der Waals surface area (Å²) >= 11 is 13.1. The second-order valence-electron chi connectivity index (χ2n) is 10.3. The number of phenols is 1. The molecule has 1 aliphatic rings. The molecule has 1 aromatic heterocycles. The molecule has 0 atom stereocenters. The van der Waals surface area contributed by atoms with E-state index in [-0.39, 0.29) is 29.7 Å². The minimum absolute atomic E-state index is 0.0921. The van der Waals surface area contributed by atoms with E-state index in [0.29, 0.717) is 50.7 Å². The van der Waals surface area contributed by atoms with E-state index in [1.54, 1.807) is 29.8 Å². The largest absolute Gasteiger partial charge is 0.507 e. The number of anilines is 2. The van der Waals surface area contributed by atoms with Crippen LogP contribution >= 0.6 is 23.2 Å². The number of aryl methyl sites for hydroxylation is 1. The van der Waals surface area contributed by atoms with Gasteiger partial charge in [0.25, 0.3) is 5.91 Å². The number of nitrogens with one attached hydrogen (secondary N) is 3. The minimum Gasteiger partial charge on any atom is -0.507 e. The molecule has 2 aromatic carbocycles. The lowest BCUT2D eigenvalue weighted by molar-refractivity contribution is -0.128. The second kappa shape index (κ2) is 10.2. The first kappa shape index (κ1) is 26.1. The molecule has 0 spiro atoms. The van der Waals surface area contributed by atoms with E-state index in [1.807, 2.05) is 20.8 Å². The standard InChI is InChI=1S/C26H31Cl2N5O3/c1-26(2,3)24(36)30-13-15-7-8-17(27)22(21(15)28)32-25-31-18-11-16(20(34)12-19(18)33(25)4)23(35)29-10-9-14-5-6-14/h7-8,11-12,14,34H,5-6,9-10,13H2,1-4H3,(H,29,35)(H,30,36)(H,31,32). The van der Waals surface area contributed by atoms with Crippen molar-refractivity contribution >= 4 is 57.7 Å². The van der Waals surface area contributed by atoms with Crippen LogP contribution in [0.4, 0.5) is 11.6 Å². The Morgan fingerprint density at radius 2 is 1.89 bits per heavy atom. The van der Waals surface area contributed by atoms with Crippen molar-refractivity contribution in [2.45, 2.75) is 46.6 Å². The minimum atomic E-state index is -0.522. The molecule has 1 aliphatic carbocycles. The van der Waals surface area contributed by atoms with Gasteiger partial charge < -0.3 is 25.6 Å². The van der Waals surface area contributed by atoms with Gasteiger partial charge in [-0.2, -0.15) is 0 Å². The molecule has 192 valence electrons. The van der Waals surface area contributed by atoms with Crippen LogP contribution < -0.4 is 16.0 Å². The van der Waals surface area contributed by atoms with Gasteiger partial charge in [0.15, 0.2) is 0 Å². The Labute approximate surface area is 220 Å². The van der Waals surface area contributed by atoms with Crippen molar-refractivity contribution < 1.29 is 14.7 Å². The van der Waals surface area contributed by atoms with Crippen molar-refractivity contribution in [2.24, 2.45) is 18.4 Å². The summed E-state index contributed by atoms with van der Waals surface area (Å²) in [5, 5.41) is 20.2. The Morgan fingerprint density at radius 1 is 1.17 bits per heavy atom. The van der Waals surface area contributed by atoms with Gasteiger partial charge in [0.1, 0.15) is 5.75 Å². The molecule has 1 fully saturated rings. The number of benzene rings is 2. The molecule has 0 radical (unpaired) electrons. The van der Waals surface area contributed by atoms with E-state index >= 15 is 0 Å². The van der Waals surface area contributed by atoms with Crippen molar-refractivity contribution in [3.8, 4) is 5.75 Å². The summed E-state index contributed by atoms with van der Waals surface area (Å²) in [5.74, 6) is 0.596. The number of aromatic nitrogens is 2. The van der Waals surface area contributed by atoms with Crippen LogP contribution in [0.1, 0.15) is 56.0 Å². The third-order valence-electron chi connectivity index (χ3n) is 6.31.